The molecule has 7 heteroatoms. The van der Waals surface area contributed by atoms with Gasteiger partial charge in [0.25, 0.3) is 5.91 Å². The minimum atomic E-state index is -0.738. The minimum Gasteiger partial charge on any atom is -0.464 e. The molecule has 1 atom stereocenters. The Bertz CT molecular complexity index is 591. The number of esters is 1. The molecule has 2 aromatic heterocycles. The van der Waals surface area contributed by atoms with E-state index >= 15 is 0 Å². The fraction of sp³-hybridized carbons (Fsp3) is 0.308. The average molecular weight is 294 g/mol. The number of nitrogens with one attached hydrogen (secondary N) is 1. The Morgan fingerprint density at radius 1 is 1.55 bits per heavy atom. The second-order valence-corrected chi connectivity index (χ2v) is 4.95. The van der Waals surface area contributed by atoms with Crippen molar-refractivity contribution < 1.29 is 18.8 Å². The van der Waals surface area contributed by atoms with Crippen LogP contribution in [-0.2, 0) is 9.53 Å². The molecule has 0 spiro atoms. The maximum Gasteiger partial charge on any atom is 0.328 e. The van der Waals surface area contributed by atoms with Crippen molar-refractivity contribution in [3.63, 3.8) is 0 Å². The first kappa shape index (κ1) is 14.3. The monoisotopic (exact) mass is 294 g/mol. The molecule has 1 N–H and O–H groups in total. The predicted molar refractivity (Wildman–Crippen MR) is 73.4 cm³/mol. The summed E-state index contributed by atoms with van der Waals surface area (Å²) in [4.78, 5) is 24.2. The van der Waals surface area contributed by atoms with Gasteiger partial charge in [0, 0.05) is 6.07 Å². The van der Waals surface area contributed by atoms with Crippen LogP contribution >= 0.6 is 11.3 Å². The molecule has 0 bridgehead atoms. The molecule has 0 aliphatic carbocycles. The van der Waals surface area contributed by atoms with Gasteiger partial charge < -0.3 is 14.6 Å². The molecule has 2 heterocycles. The fourth-order valence-corrected chi connectivity index (χ4v) is 2.19. The summed E-state index contributed by atoms with van der Waals surface area (Å²) < 4.78 is 9.79. The fourth-order valence-electron chi connectivity index (χ4n) is 1.52. The highest BCUT2D eigenvalue weighted by atomic mass is 32.1. The molecule has 2 rings (SSSR count). The van der Waals surface area contributed by atoms with E-state index in [-0.39, 0.29) is 12.4 Å². The predicted octanol–water partition coefficient (Wildman–Crippen LogP) is 2.08. The van der Waals surface area contributed by atoms with Crippen LogP contribution in [0.1, 0.15) is 24.4 Å². The highest BCUT2D eigenvalue weighted by Gasteiger charge is 2.20. The molecule has 0 radical (unpaired) electrons. The smallest absolute Gasteiger partial charge is 0.328 e. The number of thiophene rings is 1. The zero-order valence-corrected chi connectivity index (χ0v) is 11.9. The van der Waals surface area contributed by atoms with Gasteiger partial charge in [0.2, 0.25) is 5.76 Å². The molecule has 0 saturated heterocycles. The summed E-state index contributed by atoms with van der Waals surface area (Å²) in [6.07, 6.45) is 0. The van der Waals surface area contributed by atoms with Gasteiger partial charge in [-0.25, -0.2) is 4.79 Å². The molecular weight excluding hydrogens is 280 g/mol. The molecule has 106 valence electrons. The van der Waals surface area contributed by atoms with Gasteiger partial charge in [0.1, 0.15) is 11.7 Å². The van der Waals surface area contributed by atoms with Gasteiger partial charge in [-0.05, 0) is 25.3 Å². The van der Waals surface area contributed by atoms with Crippen LogP contribution in [0.4, 0.5) is 0 Å². The maximum absolute atomic E-state index is 11.9. The van der Waals surface area contributed by atoms with Gasteiger partial charge in [0.15, 0.2) is 0 Å². The van der Waals surface area contributed by atoms with E-state index in [9.17, 15) is 9.59 Å². The maximum atomic E-state index is 11.9. The van der Waals surface area contributed by atoms with Crippen molar-refractivity contribution in [3.8, 4) is 10.6 Å². The lowest BCUT2D eigenvalue weighted by atomic mass is 10.3. The number of amides is 1. The lowest BCUT2D eigenvalue weighted by molar-refractivity contribution is -0.144. The summed E-state index contributed by atoms with van der Waals surface area (Å²) in [5.41, 5.74) is 0.592. The van der Waals surface area contributed by atoms with Crippen molar-refractivity contribution in [3.05, 3.63) is 29.3 Å². The standard InChI is InChI=1S/C13H14N2O4S/c1-3-18-13(17)8(2)14-12(16)10-7-9(15-19-10)11-5-4-6-20-11/h4-8H,3H2,1-2H3,(H,14,16). The highest BCUT2D eigenvalue weighted by Crippen LogP contribution is 2.23. The Hall–Kier alpha value is -2.15. The number of carbonyl (C=O) groups is 2. The quantitative estimate of drug-likeness (QED) is 0.854. The van der Waals surface area contributed by atoms with Crippen LogP contribution in [0.5, 0.6) is 0 Å². The topological polar surface area (TPSA) is 81.4 Å². The third-order valence-electron chi connectivity index (χ3n) is 2.50. The zero-order valence-electron chi connectivity index (χ0n) is 11.1. The van der Waals surface area contributed by atoms with E-state index in [1.165, 1.54) is 11.3 Å². The Balaban J connectivity index is 2.01. The van der Waals surface area contributed by atoms with Crippen molar-refractivity contribution in [2.24, 2.45) is 0 Å². The second-order valence-electron chi connectivity index (χ2n) is 4.00. The molecule has 6 nitrogen and oxygen atoms in total. The Morgan fingerprint density at radius 3 is 3.00 bits per heavy atom. The summed E-state index contributed by atoms with van der Waals surface area (Å²) >= 11 is 1.50. The molecule has 0 fully saturated rings. The van der Waals surface area contributed by atoms with Crippen LogP contribution in [0.2, 0.25) is 0 Å². The van der Waals surface area contributed by atoms with Crippen LogP contribution in [0.15, 0.2) is 28.1 Å². The van der Waals surface area contributed by atoms with E-state index in [0.29, 0.717) is 5.69 Å². The number of nitrogens with zero attached hydrogens (tertiary/aromatic N) is 1. The Morgan fingerprint density at radius 2 is 2.35 bits per heavy atom. The van der Waals surface area contributed by atoms with Gasteiger partial charge in [-0.1, -0.05) is 11.2 Å². The van der Waals surface area contributed by atoms with Gasteiger partial charge in [-0.3, -0.25) is 4.79 Å². The molecule has 1 amide bonds. The number of carbonyl (C=O) groups excluding carboxylic acids is 2. The van der Waals surface area contributed by atoms with Crippen LogP contribution < -0.4 is 5.32 Å². The number of hydrogen-bond donors (Lipinski definition) is 1. The van der Waals surface area contributed by atoms with E-state index in [0.717, 1.165) is 4.88 Å². The molecule has 1 unspecified atom stereocenters. The lowest BCUT2D eigenvalue weighted by Gasteiger charge is -2.10. The summed E-state index contributed by atoms with van der Waals surface area (Å²) in [6.45, 7) is 3.52. The molecule has 0 aromatic carbocycles. The number of hydrogen-bond acceptors (Lipinski definition) is 6. The van der Waals surface area contributed by atoms with Crippen molar-refractivity contribution in [2.75, 3.05) is 6.61 Å². The van der Waals surface area contributed by atoms with Crippen molar-refractivity contribution >= 4 is 23.2 Å². The van der Waals surface area contributed by atoms with E-state index in [2.05, 4.69) is 10.5 Å². The third-order valence-corrected chi connectivity index (χ3v) is 3.39. The first-order valence-electron chi connectivity index (χ1n) is 6.10. The first-order valence-corrected chi connectivity index (χ1v) is 6.98. The van der Waals surface area contributed by atoms with Gasteiger partial charge in [0.05, 0.1) is 11.5 Å². The summed E-state index contributed by atoms with van der Waals surface area (Å²) in [6, 6.07) is 4.57. The van der Waals surface area contributed by atoms with E-state index < -0.39 is 17.9 Å². The van der Waals surface area contributed by atoms with E-state index in [1.807, 2.05) is 17.5 Å². The molecule has 0 saturated carbocycles. The minimum absolute atomic E-state index is 0.0598. The summed E-state index contributed by atoms with van der Waals surface area (Å²) in [5, 5.41) is 8.23. The SMILES string of the molecule is CCOC(=O)C(C)NC(=O)c1cc(-c2cccs2)no1. The third kappa shape index (κ3) is 3.24. The number of rotatable bonds is 5. The average Bonchev–Trinajstić information content (AvgIpc) is 3.09. The summed E-state index contributed by atoms with van der Waals surface area (Å²) in [5.74, 6) is -0.927. The van der Waals surface area contributed by atoms with Crippen LogP contribution in [0.25, 0.3) is 10.6 Å². The normalized spacial score (nSPS) is 11.9. The van der Waals surface area contributed by atoms with Crippen LogP contribution in [0.3, 0.4) is 0 Å². The summed E-state index contributed by atoms with van der Waals surface area (Å²) in [7, 11) is 0. The van der Waals surface area contributed by atoms with Gasteiger partial charge in [-0.15, -0.1) is 11.3 Å². The van der Waals surface area contributed by atoms with Crippen molar-refractivity contribution in [1.29, 1.82) is 0 Å². The van der Waals surface area contributed by atoms with Crippen LogP contribution in [0, 0.1) is 0 Å². The Labute approximate surface area is 119 Å². The first-order chi connectivity index (χ1) is 9.61. The molecule has 2 aromatic rings. The molecule has 20 heavy (non-hydrogen) atoms. The van der Waals surface area contributed by atoms with E-state index in [4.69, 9.17) is 9.26 Å². The Kier molecular flexibility index (Phi) is 4.52. The van der Waals surface area contributed by atoms with Crippen LogP contribution in [-0.4, -0.2) is 29.7 Å². The largest absolute Gasteiger partial charge is 0.464 e. The second kappa shape index (κ2) is 6.33. The molecular formula is C13H14N2O4S. The zero-order chi connectivity index (χ0) is 14.5. The molecule has 0 aliphatic rings. The number of ether oxygens (including phenoxy) is 1. The molecule has 0 aliphatic heterocycles. The van der Waals surface area contributed by atoms with Crippen molar-refractivity contribution in [1.82, 2.24) is 10.5 Å². The highest BCUT2D eigenvalue weighted by molar-refractivity contribution is 7.13. The number of aromatic nitrogens is 1. The lowest BCUT2D eigenvalue weighted by Crippen LogP contribution is -2.39. The van der Waals surface area contributed by atoms with Crippen molar-refractivity contribution in [2.45, 2.75) is 19.9 Å². The van der Waals surface area contributed by atoms with E-state index in [1.54, 1.807) is 19.9 Å². The van der Waals surface area contributed by atoms with Gasteiger partial charge in [-0.2, -0.15) is 0 Å². The van der Waals surface area contributed by atoms with Gasteiger partial charge >= 0.3 is 5.97 Å².